The van der Waals surface area contributed by atoms with Crippen LogP contribution in [0.3, 0.4) is 0 Å². The Morgan fingerprint density at radius 2 is 1.48 bits per heavy atom. The molecule has 0 heterocycles. The summed E-state index contributed by atoms with van der Waals surface area (Å²) in [4.78, 5) is 24.6. The van der Waals surface area contributed by atoms with Gasteiger partial charge in [0.1, 0.15) is 0 Å². The minimum Gasteiger partial charge on any atom is -0.349 e. The molecule has 5 heteroatoms. The van der Waals surface area contributed by atoms with Gasteiger partial charge in [-0.2, -0.15) is 0 Å². The maximum atomic E-state index is 12.4. The highest BCUT2D eigenvalue weighted by Crippen LogP contribution is 2.27. The quantitative estimate of drug-likeness (QED) is 0.490. The van der Waals surface area contributed by atoms with Gasteiger partial charge in [-0.1, -0.05) is 66.7 Å². The van der Waals surface area contributed by atoms with Crippen molar-refractivity contribution < 1.29 is 9.59 Å². The molecule has 0 aliphatic heterocycles. The van der Waals surface area contributed by atoms with Gasteiger partial charge in [0.2, 0.25) is 0 Å². The highest BCUT2D eigenvalue weighted by Gasteiger charge is 2.23. The highest BCUT2D eigenvalue weighted by molar-refractivity contribution is 5.97. The second-order valence-corrected chi connectivity index (χ2v) is 7.87. The SMILES string of the molecule is O=C(NCCC(c1ccccc1)c1ccccc1)Nc1cccc(C(=O)NC2CC2)c1. The fourth-order valence-corrected chi connectivity index (χ4v) is 3.64. The van der Waals surface area contributed by atoms with Crippen molar-refractivity contribution >= 4 is 17.6 Å². The molecule has 31 heavy (non-hydrogen) atoms. The zero-order valence-electron chi connectivity index (χ0n) is 17.4. The standard InChI is InChI=1S/C26H27N3O2/c30-25(28-22-14-15-22)21-12-7-13-23(18-21)29-26(31)27-17-16-24(19-8-3-1-4-9-19)20-10-5-2-6-11-20/h1-13,18,22,24H,14-17H2,(H,28,30)(H2,27,29,31). The summed E-state index contributed by atoms with van der Waals surface area (Å²) < 4.78 is 0. The van der Waals surface area contributed by atoms with E-state index < -0.39 is 0 Å². The zero-order chi connectivity index (χ0) is 21.5. The molecule has 0 spiro atoms. The Morgan fingerprint density at radius 3 is 2.10 bits per heavy atom. The lowest BCUT2D eigenvalue weighted by atomic mass is 9.88. The number of amides is 3. The number of hydrogen-bond donors (Lipinski definition) is 3. The van der Waals surface area contributed by atoms with E-state index in [1.807, 2.05) is 36.4 Å². The van der Waals surface area contributed by atoms with Crippen LogP contribution in [-0.4, -0.2) is 24.5 Å². The molecule has 1 fully saturated rings. The van der Waals surface area contributed by atoms with Gasteiger partial charge < -0.3 is 16.0 Å². The van der Waals surface area contributed by atoms with E-state index in [1.54, 1.807) is 24.3 Å². The topological polar surface area (TPSA) is 70.2 Å². The van der Waals surface area contributed by atoms with E-state index in [9.17, 15) is 9.59 Å². The van der Waals surface area contributed by atoms with Crippen molar-refractivity contribution in [3.8, 4) is 0 Å². The highest BCUT2D eigenvalue weighted by atomic mass is 16.2. The number of rotatable bonds is 8. The van der Waals surface area contributed by atoms with Gasteiger partial charge in [0, 0.05) is 29.8 Å². The van der Waals surface area contributed by atoms with Crippen LogP contribution in [0.1, 0.15) is 46.7 Å². The number of nitrogens with one attached hydrogen (secondary N) is 3. The number of hydrogen-bond acceptors (Lipinski definition) is 2. The van der Waals surface area contributed by atoms with Crippen molar-refractivity contribution in [1.29, 1.82) is 0 Å². The smallest absolute Gasteiger partial charge is 0.319 e. The Morgan fingerprint density at radius 1 is 0.839 bits per heavy atom. The minimum absolute atomic E-state index is 0.0971. The van der Waals surface area contributed by atoms with Gasteiger partial charge in [0.25, 0.3) is 5.91 Å². The lowest BCUT2D eigenvalue weighted by molar-refractivity contribution is 0.0951. The molecule has 0 saturated heterocycles. The molecule has 5 nitrogen and oxygen atoms in total. The molecular formula is C26H27N3O2. The van der Waals surface area contributed by atoms with E-state index in [1.165, 1.54) is 11.1 Å². The molecule has 4 rings (SSSR count). The Balaban J connectivity index is 1.33. The summed E-state index contributed by atoms with van der Waals surface area (Å²) in [6, 6.07) is 27.7. The van der Waals surface area contributed by atoms with E-state index >= 15 is 0 Å². The number of carbonyl (C=O) groups excluding carboxylic acids is 2. The minimum atomic E-state index is -0.278. The van der Waals surface area contributed by atoms with Crippen LogP contribution in [0.15, 0.2) is 84.9 Å². The molecule has 0 atom stereocenters. The summed E-state index contributed by atoms with van der Waals surface area (Å²) in [6.45, 7) is 0.530. The van der Waals surface area contributed by atoms with Gasteiger partial charge in [-0.3, -0.25) is 4.79 Å². The van der Waals surface area contributed by atoms with Crippen LogP contribution in [-0.2, 0) is 0 Å². The first-order valence-electron chi connectivity index (χ1n) is 10.7. The number of anilines is 1. The summed E-state index contributed by atoms with van der Waals surface area (Å²) in [5.74, 6) is 0.109. The lowest BCUT2D eigenvalue weighted by Gasteiger charge is -2.18. The molecule has 0 radical (unpaired) electrons. The van der Waals surface area contributed by atoms with E-state index in [0.717, 1.165) is 19.3 Å². The number of carbonyl (C=O) groups is 2. The van der Waals surface area contributed by atoms with Crippen molar-refractivity contribution in [2.24, 2.45) is 0 Å². The summed E-state index contributed by atoms with van der Waals surface area (Å²) in [7, 11) is 0. The van der Waals surface area contributed by atoms with Crippen LogP contribution in [0.25, 0.3) is 0 Å². The first-order chi connectivity index (χ1) is 15.2. The average Bonchev–Trinajstić information content (AvgIpc) is 3.62. The maximum absolute atomic E-state index is 12.4. The van der Waals surface area contributed by atoms with Gasteiger partial charge in [0.15, 0.2) is 0 Å². The van der Waals surface area contributed by atoms with E-state index in [-0.39, 0.29) is 17.9 Å². The fraction of sp³-hybridized carbons (Fsp3) is 0.231. The third kappa shape index (κ3) is 5.95. The lowest BCUT2D eigenvalue weighted by Crippen LogP contribution is -2.30. The van der Waals surface area contributed by atoms with E-state index in [4.69, 9.17) is 0 Å². The van der Waals surface area contributed by atoms with Crippen molar-refractivity contribution in [3.05, 3.63) is 102 Å². The van der Waals surface area contributed by atoms with E-state index in [2.05, 4.69) is 40.2 Å². The molecule has 1 saturated carbocycles. The molecule has 3 amide bonds. The van der Waals surface area contributed by atoms with E-state index in [0.29, 0.717) is 23.8 Å². The third-order valence-corrected chi connectivity index (χ3v) is 5.42. The Labute approximate surface area is 182 Å². The van der Waals surface area contributed by atoms with Crippen LogP contribution in [0, 0.1) is 0 Å². The summed E-state index contributed by atoms with van der Waals surface area (Å²) in [5.41, 5.74) is 3.61. The van der Waals surface area contributed by atoms with Crippen LogP contribution in [0.4, 0.5) is 10.5 Å². The summed E-state index contributed by atoms with van der Waals surface area (Å²) >= 11 is 0. The van der Waals surface area contributed by atoms with Gasteiger partial charge in [-0.25, -0.2) is 4.79 Å². The Kier molecular flexibility index (Phi) is 6.62. The Hall–Kier alpha value is -3.60. The molecule has 3 aromatic carbocycles. The van der Waals surface area contributed by atoms with Crippen molar-refractivity contribution in [1.82, 2.24) is 10.6 Å². The van der Waals surface area contributed by atoms with Gasteiger partial charge in [-0.15, -0.1) is 0 Å². The second-order valence-electron chi connectivity index (χ2n) is 7.87. The van der Waals surface area contributed by atoms with Crippen molar-refractivity contribution in [3.63, 3.8) is 0 Å². The molecule has 0 bridgehead atoms. The summed E-state index contributed by atoms with van der Waals surface area (Å²) in [6.07, 6.45) is 2.86. The van der Waals surface area contributed by atoms with Gasteiger partial charge in [-0.05, 0) is 48.6 Å². The van der Waals surface area contributed by atoms with Gasteiger partial charge in [0.05, 0.1) is 0 Å². The fourth-order valence-electron chi connectivity index (χ4n) is 3.64. The second kappa shape index (κ2) is 9.94. The molecule has 0 unspecified atom stereocenters. The molecule has 1 aliphatic rings. The normalized spacial score (nSPS) is 12.9. The summed E-state index contributed by atoms with van der Waals surface area (Å²) in [5, 5.41) is 8.73. The molecule has 0 aromatic heterocycles. The third-order valence-electron chi connectivity index (χ3n) is 5.42. The largest absolute Gasteiger partial charge is 0.349 e. The van der Waals surface area contributed by atoms with Gasteiger partial charge >= 0.3 is 6.03 Å². The molecular weight excluding hydrogens is 386 g/mol. The monoisotopic (exact) mass is 413 g/mol. The molecule has 3 N–H and O–H groups in total. The van der Waals surface area contributed by atoms with Crippen molar-refractivity contribution in [2.45, 2.75) is 31.2 Å². The molecule has 1 aliphatic carbocycles. The number of benzene rings is 3. The maximum Gasteiger partial charge on any atom is 0.319 e. The first kappa shape index (κ1) is 20.7. The first-order valence-corrected chi connectivity index (χ1v) is 10.7. The van der Waals surface area contributed by atoms with Crippen LogP contribution >= 0.6 is 0 Å². The van der Waals surface area contributed by atoms with Crippen LogP contribution in [0.2, 0.25) is 0 Å². The molecule has 158 valence electrons. The predicted octanol–water partition coefficient (Wildman–Crippen LogP) is 4.92. The molecule has 3 aromatic rings. The number of urea groups is 1. The predicted molar refractivity (Wildman–Crippen MR) is 123 cm³/mol. The zero-order valence-corrected chi connectivity index (χ0v) is 17.4. The average molecular weight is 414 g/mol. The van der Waals surface area contributed by atoms with Crippen LogP contribution < -0.4 is 16.0 Å². The Bertz CT molecular complexity index is 978. The van der Waals surface area contributed by atoms with Crippen LogP contribution in [0.5, 0.6) is 0 Å². The van der Waals surface area contributed by atoms with Crippen molar-refractivity contribution in [2.75, 3.05) is 11.9 Å².